The van der Waals surface area contributed by atoms with Crippen LogP contribution in [0.5, 0.6) is 0 Å². The summed E-state index contributed by atoms with van der Waals surface area (Å²) in [7, 11) is 0. The van der Waals surface area contributed by atoms with Crippen molar-refractivity contribution in [2.75, 3.05) is 11.9 Å². The van der Waals surface area contributed by atoms with Gasteiger partial charge < -0.3 is 10.2 Å². The summed E-state index contributed by atoms with van der Waals surface area (Å²) in [5, 5.41) is 2.54. The second-order valence-electron chi connectivity index (χ2n) is 5.82. The molecule has 2 aromatic carbocycles. The fourth-order valence-corrected chi connectivity index (χ4v) is 2.92. The molecule has 3 rings (SSSR count). The van der Waals surface area contributed by atoms with Gasteiger partial charge in [0.1, 0.15) is 11.6 Å². The Morgan fingerprint density at radius 3 is 2.61 bits per heavy atom. The Labute approximate surface area is 133 Å². The lowest BCUT2D eigenvalue weighted by Gasteiger charge is -2.25. The summed E-state index contributed by atoms with van der Waals surface area (Å²) in [6.07, 6.45) is 1.78. The Balaban J connectivity index is 1.76. The van der Waals surface area contributed by atoms with E-state index in [0.717, 1.165) is 36.1 Å². The van der Waals surface area contributed by atoms with E-state index in [2.05, 4.69) is 5.32 Å². The molecule has 2 aromatic rings. The fourth-order valence-electron chi connectivity index (χ4n) is 2.92. The molecule has 1 aliphatic heterocycles. The Hall–Kier alpha value is -2.43. The molecule has 1 saturated heterocycles. The van der Waals surface area contributed by atoms with E-state index in [1.54, 1.807) is 4.90 Å². The molecule has 120 valence electrons. The predicted octanol–water partition coefficient (Wildman–Crippen LogP) is 4.64. The van der Waals surface area contributed by atoms with Crippen LogP contribution in [0.25, 0.3) is 0 Å². The van der Waals surface area contributed by atoms with Crippen molar-refractivity contribution in [3.05, 3.63) is 65.2 Å². The molecule has 5 heteroatoms. The van der Waals surface area contributed by atoms with Crippen LogP contribution in [-0.2, 0) is 0 Å². The Bertz CT molecular complexity index is 715. The summed E-state index contributed by atoms with van der Waals surface area (Å²) >= 11 is 0. The highest BCUT2D eigenvalue weighted by Crippen LogP contribution is 2.32. The van der Waals surface area contributed by atoms with Gasteiger partial charge in [0.15, 0.2) is 0 Å². The molecule has 2 amide bonds. The number of halogens is 2. The number of hydrogen-bond donors (Lipinski definition) is 1. The van der Waals surface area contributed by atoms with Crippen LogP contribution in [-0.4, -0.2) is 17.5 Å². The van der Waals surface area contributed by atoms with Crippen molar-refractivity contribution in [2.45, 2.75) is 25.8 Å². The van der Waals surface area contributed by atoms with Gasteiger partial charge in [0.05, 0.1) is 11.7 Å². The summed E-state index contributed by atoms with van der Waals surface area (Å²) in [6.45, 7) is 2.63. The third kappa shape index (κ3) is 3.33. The molecular formula is C18H18F2N2O. The zero-order chi connectivity index (χ0) is 16.4. The minimum Gasteiger partial charge on any atom is -0.317 e. The van der Waals surface area contributed by atoms with Crippen LogP contribution in [0.15, 0.2) is 42.5 Å². The van der Waals surface area contributed by atoms with E-state index in [1.165, 1.54) is 6.07 Å². The van der Waals surface area contributed by atoms with Crippen LogP contribution < -0.4 is 5.32 Å². The first-order valence-corrected chi connectivity index (χ1v) is 7.64. The lowest BCUT2D eigenvalue weighted by molar-refractivity contribution is 0.207. The van der Waals surface area contributed by atoms with Gasteiger partial charge in [-0.3, -0.25) is 0 Å². The van der Waals surface area contributed by atoms with Gasteiger partial charge in [-0.2, -0.15) is 0 Å². The summed E-state index contributed by atoms with van der Waals surface area (Å²) in [5.74, 6) is -1.44. The van der Waals surface area contributed by atoms with Gasteiger partial charge in [-0.1, -0.05) is 29.8 Å². The molecule has 23 heavy (non-hydrogen) atoms. The number of urea groups is 1. The molecule has 1 atom stereocenters. The van der Waals surface area contributed by atoms with Crippen molar-refractivity contribution in [1.29, 1.82) is 0 Å². The van der Waals surface area contributed by atoms with E-state index in [0.29, 0.717) is 6.54 Å². The van der Waals surface area contributed by atoms with E-state index < -0.39 is 11.6 Å². The van der Waals surface area contributed by atoms with Gasteiger partial charge in [0, 0.05) is 12.6 Å². The number of anilines is 1. The molecule has 1 N–H and O–H groups in total. The summed E-state index contributed by atoms with van der Waals surface area (Å²) < 4.78 is 26.6. The number of carbonyl (C=O) groups is 1. The first-order chi connectivity index (χ1) is 11.0. The van der Waals surface area contributed by atoms with E-state index in [-0.39, 0.29) is 17.8 Å². The van der Waals surface area contributed by atoms with Gasteiger partial charge in [-0.15, -0.1) is 0 Å². The van der Waals surface area contributed by atoms with E-state index in [9.17, 15) is 13.6 Å². The molecule has 0 radical (unpaired) electrons. The van der Waals surface area contributed by atoms with Gasteiger partial charge in [-0.05, 0) is 37.5 Å². The summed E-state index contributed by atoms with van der Waals surface area (Å²) in [6, 6.07) is 10.8. The quantitative estimate of drug-likeness (QED) is 0.860. The monoisotopic (exact) mass is 316 g/mol. The van der Waals surface area contributed by atoms with Crippen LogP contribution in [0.1, 0.15) is 30.0 Å². The van der Waals surface area contributed by atoms with E-state index >= 15 is 0 Å². The second-order valence-corrected chi connectivity index (χ2v) is 5.82. The number of nitrogens with one attached hydrogen (secondary N) is 1. The van der Waals surface area contributed by atoms with Crippen LogP contribution >= 0.6 is 0 Å². The van der Waals surface area contributed by atoms with Crippen molar-refractivity contribution in [3.63, 3.8) is 0 Å². The minimum absolute atomic E-state index is 0.00837. The van der Waals surface area contributed by atoms with Crippen LogP contribution in [0.2, 0.25) is 0 Å². The Morgan fingerprint density at radius 1 is 1.17 bits per heavy atom. The highest BCUT2D eigenvalue weighted by Gasteiger charge is 2.30. The molecule has 3 nitrogen and oxygen atoms in total. The van der Waals surface area contributed by atoms with Crippen molar-refractivity contribution in [1.82, 2.24) is 4.90 Å². The SMILES string of the molecule is Cc1ccc(C2CCCN2C(=O)Nc2ccc(F)cc2F)cc1. The lowest BCUT2D eigenvalue weighted by atomic mass is 10.0. The molecular weight excluding hydrogens is 298 g/mol. The van der Waals surface area contributed by atoms with Gasteiger partial charge in [0.25, 0.3) is 0 Å². The molecule has 1 heterocycles. The second kappa shape index (κ2) is 6.36. The highest BCUT2D eigenvalue weighted by molar-refractivity contribution is 5.90. The number of rotatable bonds is 2. The molecule has 1 unspecified atom stereocenters. The first-order valence-electron chi connectivity index (χ1n) is 7.64. The summed E-state index contributed by atoms with van der Waals surface area (Å²) in [5.41, 5.74) is 2.23. The molecule has 1 aliphatic rings. The smallest absolute Gasteiger partial charge is 0.317 e. The zero-order valence-corrected chi connectivity index (χ0v) is 12.9. The first kappa shape index (κ1) is 15.5. The van der Waals surface area contributed by atoms with Crippen LogP contribution in [0.3, 0.4) is 0 Å². The molecule has 0 aliphatic carbocycles. The molecule has 0 spiro atoms. The van der Waals surface area contributed by atoms with Crippen molar-refractivity contribution in [2.24, 2.45) is 0 Å². The average molecular weight is 316 g/mol. The van der Waals surface area contributed by atoms with Gasteiger partial charge >= 0.3 is 6.03 Å². The summed E-state index contributed by atoms with van der Waals surface area (Å²) in [4.78, 5) is 14.2. The lowest BCUT2D eigenvalue weighted by Crippen LogP contribution is -2.34. The number of nitrogens with zero attached hydrogens (tertiary/aromatic N) is 1. The van der Waals surface area contributed by atoms with Crippen molar-refractivity contribution in [3.8, 4) is 0 Å². The van der Waals surface area contributed by atoms with Gasteiger partial charge in [-0.25, -0.2) is 13.6 Å². The standard InChI is InChI=1S/C18H18F2N2O/c1-12-4-6-13(7-5-12)17-3-2-10-22(17)18(23)21-16-9-8-14(19)11-15(16)20/h4-9,11,17H,2-3,10H2,1H3,(H,21,23). The number of carbonyl (C=O) groups excluding carboxylic acids is 1. The average Bonchev–Trinajstić information content (AvgIpc) is 3.00. The number of hydrogen-bond acceptors (Lipinski definition) is 1. The number of amides is 2. The molecule has 1 fully saturated rings. The maximum Gasteiger partial charge on any atom is 0.322 e. The highest BCUT2D eigenvalue weighted by atomic mass is 19.1. The zero-order valence-electron chi connectivity index (χ0n) is 12.9. The minimum atomic E-state index is -0.774. The maximum absolute atomic E-state index is 13.7. The normalized spacial score (nSPS) is 17.3. The number of likely N-dealkylation sites (tertiary alicyclic amines) is 1. The number of benzene rings is 2. The Morgan fingerprint density at radius 2 is 1.91 bits per heavy atom. The predicted molar refractivity (Wildman–Crippen MR) is 85.2 cm³/mol. The maximum atomic E-state index is 13.7. The topological polar surface area (TPSA) is 32.3 Å². The third-order valence-electron chi connectivity index (χ3n) is 4.15. The van der Waals surface area contributed by atoms with Crippen LogP contribution in [0.4, 0.5) is 19.3 Å². The molecule has 0 saturated carbocycles. The molecule has 0 aromatic heterocycles. The number of aryl methyl sites for hydroxylation is 1. The third-order valence-corrected chi connectivity index (χ3v) is 4.15. The largest absolute Gasteiger partial charge is 0.322 e. The molecule has 0 bridgehead atoms. The van der Waals surface area contributed by atoms with Gasteiger partial charge in [0.2, 0.25) is 0 Å². The van der Waals surface area contributed by atoms with Crippen LogP contribution in [0, 0.1) is 18.6 Å². The van der Waals surface area contributed by atoms with Crippen molar-refractivity contribution < 1.29 is 13.6 Å². The Kier molecular flexibility index (Phi) is 4.28. The fraction of sp³-hybridized carbons (Fsp3) is 0.278. The van der Waals surface area contributed by atoms with Crippen molar-refractivity contribution >= 4 is 11.7 Å². The van der Waals surface area contributed by atoms with E-state index in [1.807, 2.05) is 31.2 Å². The van der Waals surface area contributed by atoms with E-state index in [4.69, 9.17) is 0 Å².